The van der Waals surface area contributed by atoms with Crippen LogP contribution in [-0.4, -0.2) is 54.3 Å². The highest BCUT2D eigenvalue weighted by Gasteiger charge is 2.64. The summed E-state index contributed by atoms with van der Waals surface area (Å²) in [5.74, 6) is 2.00. The number of aromatic nitrogens is 3. The zero-order valence-electron chi connectivity index (χ0n) is 12.3. The lowest BCUT2D eigenvalue weighted by Gasteiger charge is -2.26. The molecule has 1 fully saturated rings. The fourth-order valence-electron chi connectivity index (χ4n) is 2.84. The molecule has 3 rings (SSSR count). The van der Waals surface area contributed by atoms with E-state index in [0.29, 0.717) is 5.52 Å². The third kappa shape index (κ3) is 1.79. The summed E-state index contributed by atoms with van der Waals surface area (Å²) in [6.07, 6.45) is 1.89. The topological polar surface area (TPSA) is 176 Å². The van der Waals surface area contributed by atoms with Crippen molar-refractivity contribution >= 4 is 17.3 Å². The molecule has 2 aromatic heterocycles. The number of ether oxygens (including phenoxy) is 1. The van der Waals surface area contributed by atoms with Crippen LogP contribution in [0.15, 0.2) is 12.1 Å². The van der Waals surface area contributed by atoms with Crippen molar-refractivity contribution in [1.82, 2.24) is 14.6 Å². The Labute approximate surface area is 135 Å². The van der Waals surface area contributed by atoms with Crippen molar-refractivity contribution in [1.29, 1.82) is 5.26 Å². The van der Waals surface area contributed by atoms with E-state index in [-0.39, 0.29) is 17.5 Å². The number of hydrogen-bond acceptors (Lipinski definition) is 9. The molecule has 1 aliphatic rings. The van der Waals surface area contributed by atoms with Crippen molar-refractivity contribution in [2.75, 3.05) is 18.1 Å². The molecule has 0 aliphatic carbocycles. The molecule has 4 atom stereocenters. The number of aliphatic hydroxyl groups excluding tert-OH is 3. The van der Waals surface area contributed by atoms with E-state index in [1.165, 1.54) is 16.6 Å². The number of rotatable bonds is 2. The summed E-state index contributed by atoms with van der Waals surface area (Å²) >= 11 is 0. The second-order valence-corrected chi connectivity index (χ2v) is 5.40. The lowest BCUT2D eigenvalue weighted by atomic mass is 9.89. The predicted molar refractivity (Wildman–Crippen MR) is 80.9 cm³/mol. The molecule has 124 valence electrons. The van der Waals surface area contributed by atoms with E-state index >= 15 is 0 Å². The quantitative estimate of drug-likeness (QED) is 0.380. The summed E-state index contributed by atoms with van der Waals surface area (Å²) in [7, 11) is 0. The van der Waals surface area contributed by atoms with E-state index in [9.17, 15) is 20.6 Å². The Kier molecular flexibility index (Phi) is 3.37. The van der Waals surface area contributed by atoms with Gasteiger partial charge in [0.15, 0.2) is 11.4 Å². The van der Waals surface area contributed by atoms with Crippen LogP contribution in [0.2, 0.25) is 0 Å². The van der Waals surface area contributed by atoms with Crippen LogP contribution in [0, 0.1) is 23.7 Å². The maximum atomic E-state index is 10.5. The van der Waals surface area contributed by atoms with Crippen molar-refractivity contribution in [3.8, 4) is 18.4 Å². The summed E-state index contributed by atoms with van der Waals surface area (Å²) < 4.78 is 6.71. The summed E-state index contributed by atoms with van der Waals surface area (Å²) in [4.78, 5) is 3.80. The minimum absolute atomic E-state index is 0.0397. The fourth-order valence-corrected chi connectivity index (χ4v) is 2.84. The number of hydrogen-bond donors (Lipinski definition) is 5. The van der Waals surface area contributed by atoms with Crippen LogP contribution >= 0.6 is 0 Å². The minimum Gasteiger partial charge on any atom is -0.392 e. The highest BCUT2D eigenvalue weighted by atomic mass is 16.6. The van der Waals surface area contributed by atoms with Crippen LogP contribution in [0.3, 0.4) is 0 Å². The Morgan fingerprint density at radius 2 is 2.08 bits per heavy atom. The number of nitrogens with zero attached hydrogens (tertiary/aromatic N) is 4. The van der Waals surface area contributed by atoms with E-state index in [4.69, 9.17) is 22.6 Å². The van der Waals surface area contributed by atoms with Gasteiger partial charge in [-0.15, -0.1) is 11.5 Å². The van der Waals surface area contributed by atoms with Crippen LogP contribution in [0.5, 0.6) is 0 Å². The molecular weight excluding hydrogens is 316 g/mol. The van der Waals surface area contributed by atoms with Gasteiger partial charge in [0.25, 0.3) is 0 Å². The van der Waals surface area contributed by atoms with Crippen LogP contribution in [0.4, 0.5) is 11.8 Å². The number of aliphatic hydroxyl groups is 3. The normalized spacial score (nSPS) is 32.5. The first-order valence-corrected chi connectivity index (χ1v) is 6.82. The molecule has 10 heteroatoms. The van der Waals surface area contributed by atoms with Gasteiger partial charge in [-0.3, -0.25) is 0 Å². The number of nitriles is 1. The first-order valence-electron chi connectivity index (χ1n) is 6.82. The van der Waals surface area contributed by atoms with Gasteiger partial charge < -0.3 is 31.5 Å². The number of nitrogens with two attached hydrogens (primary N) is 2. The molecule has 0 amide bonds. The monoisotopic (exact) mass is 330 g/mol. The van der Waals surface area contributed by atoms with Crippen LogP contribution < -0.4 is 11.5 Å². The van der Waals surface area contributed by atoms with E-state index in [2.05, 4.69) is 16.0 Å². The zero-order valence-corrected chi connectivity index (χ0v) is 12.3. The molecule has 0 radical (unpaired) electrons. The lowest BCUT2D eigenvalue weighted by Crippen LogP contribution is -2.45. The first kappa shape index (κ1) is 16.0. The summed E-state index contributed by atoms with van der Waals surface area (Å²) in [5.41, 5.74) is 7.66. The third-order valence-corrected chi connectivity index (χ3v) is 4.12. The highest BCUT2D eigenvalue weighted by molar-refractivity contribution is 5.67. The number of terminal acetylenes is 1. The smallest absolute Gasteiger partial charge is 0.240 e. The van der Waals surface area contributed by atoms with Gasteiger partial charge in [0.05, 0.1) is 12.3 Å². The Morgan fingerprint density at radius 3 is 2.62 bits per heavy atom. The average molecular weight is 330 g/mol. The highest BCUT2D eigenvalue weighted by Crippen LogP contribution is 2.45. The van der Waals surface area contributed by atoms with E-state index < -0.39 is 30.0 Å². The largest absolute Gasteiger partial charge is 0.392 e. The van der Waals surface area contributed by atoms with E-state index in [1.54, 1.807) is 0 Å². The summed E-state index contributed by atoms with van der Waals surface area (Å²) in [6, 6.07) is 4.73. The second kappa shape index (κ2) is 5.06. The Hall–Kier alpha value is -2.89. The van der Waals surface area contributed by atoms with Crippen molar-refractivity contribution in [3.05, 3.63) is 17.8 Å². The zero-order chi connectivity index (χ0) is 17.7. The molecule has 2 aromatic rings. The average Bonchev–Trinajstić information content (AvgIpc) is 3.08. The van der Waals surface area contributed by atoms with Crippen molar-refractivity contribution in [2.24, 2.45) is 0 Å². The van der Waals surface area contributed by atoms with Gasteiger partial charge in [0, 0.05) is 0 Å². The fraction of sp³-hybridized carbons (Fsp3) is 0.357. The summed E-state index contributed by atoms with van der Waals surface area (Å²) in [5, 5.41) is 43.8. The molecule has 3 heterocycles. The predicted octanol–water partition coefficient (Wildman–Crippen LogP) is -2.27. The first-order chi connectivity index (χ1) is 11.3. The molecule has 0 bridgehead atoms. The van der Waals surface area contributed by atoms with Gasteiger partial charge in [-0.1, -0.05) is 5.92 Å². The minimum atomic E-state index is -2.09. The molecule has 1 unspecified atom stereocenters. The third-order valence-electron chi connectivity index (χ3n) is 4.12. The molecule has 7 N–H and O–H groups in total. The molecule has 0 saturated carbocycles. The Bertz CT molecular complexity index is 899. The molecule has 0 spiro atoms. The molecule has 24 heavy (non-hydrogen) atoms. The van der Waals surface area contributed by atoms with E-state index in [0.717, 1.165) is 0 Å². The number of anilines is 2. The SMILES string of the molecule is C#C[C@]1(CO)O[C@@](C#N)(c2ccc3c(N)nc(N)nn23)C(O)[C@H]1O. The maximum Gasteiger partial charge on any atom is 0.240 e. The Morgan fingerprint density at radius 1 is 1.38 bits per heavy atom. The molecular formula is C14H14N6O4. The van der Waals surface area contributed by atoms with Crippen LogP contribution in [-0.2, 0) is 10.3 Å². The van der Waals surface area contributed by atoms with Gasteiger partial charge in [-0.05, 0) is 12.1 Å². The molecule has 1 saturated heterocycles. The standard InChI is InChI=1S/C14H14N6O4/c1-2-13(6-21)9(22)10(23)14(5-15,24-13)8-4-3-7-11(16)18-12(17)19-20(7)8/h1,3-4,9-10,21-23H,6H2,(H4,16,17,18,19)/t9-,10?,13-,14+/m1/s1. The molecule has 1 aliphatic heterocycles. The second-order valence-electron chi connectivity index (χ2n) is 5.40. The van der Waals surface area contributed by atoms with Gasteiger partial charge >= 0.3 is 0 Å². The van der Waals surface area contributed by atoms with Crippen molar-refractivity contribution in [3.63, 3.8) is 0 Å². The lowest BCUT2D eigenvalue weighted by molar-refractivity contribution is -0.101. The van der Waals surface area contributed by atoms with Crippen molar-refractivity contribution < 1.29 is 20.1 Å². The van der Waals surface area contributed by atoms with Gasteiger partial charge in [-0.25, -0.2) is 4.52 Å². The Balaban J connectivity index is 2.28. The number of fused-ring (bicyclic) bond motifs is 1. The maximum absolute atomic E-state index is 10.5. The van der Waals surface area contributed by atoms with Crippen molar-refractivity contribution in [2.45, 2.75) is 23.4 Å². The van der Waals surface area contributed by atoms with Gasteiger partial charge in [0.2, 0.25) is 11.5 Å². The van der Waals surface area contributed by atoms with E-state index in [1.807, 2.05) is 6.07 Å². The van der Waals surface area contributed by atoms with Crippen LogP contribution in [0.1, 0.15) is 5.69 Å². The number of nitrogen functional groups attached to an aromatic ring is 2. The van der Waals surface area contributed by atoms with Crippen LogP contribution in [0.25, 0.3) is 5.52 Å². The van der Waals surface area contributed by atoms with Gasteiger partial charge in [0.1, 0.15) is 23.8 Å². The molecule has 10 nitrogen and oxygen atoms in total. The van der Waals surface area contributed by atoms with Gasteiger partial charge in [-0.2, -0.15) is 10.2 Å². The molecule has 0 aromatic carbocycles. The summed E-state index contributed by atoms with van der Waals surface area (Å²) in [6.45, 7) is -0.798.